The van der Waals surface area contributed by atoms with E-state index >= 15 is 0 Å². The summed E-state index contributed by atoms with van der Waals surface area (Å²) in [7, 11) is 0. The highest BCUT2D eigenvalue weighted by Gasteiger charge is 2.53. The maximum atomic E-state index is 7.26. The van der Waals surface area contributed by atoms with E-state index in [1.165, 1.54) is 22.3 Å². The molecule has 0 radical (unpaired) electrons. The lowest BCUT2D eigenvalue weighted by molar-refractivity contribution is -0.0631. The van der Waals surface area contributed by atoms with Crippen molar-refractivity contribution in [3.8, 4) is 0 Å². The van der Waals surface area contributed by atoms with E-state index in [4.69, 9.17) is 9.73 Å². The molecule has 2 heteroatoms. The van der Waals surface area contributed by atoms with Crippen LogP contribution in [0.5, 0.6) is 0 Å². The summed E-state index contributed by atoms with van der Waals surface area (Å²) in [6.45, 7) is 4.22. The fourth-order valence-corrected chi connectivity index (χ4v) is 5.11. The van der Waals surface area contributed by atoms with Gasteiger partial charge in [0.25, 0.3) is 0 Å². The second-order valence-corrected chi connectivity index (χ2v) is 8.96. The molecule has 32 heavy (non-hydrogen) atoms. The van der Waals surface area contributed by atoms with Gasteiger partial charge in [-0.25, -0.2) is 0 Å². The number of aliphatic imine (C=N–C) groups is 1. The standard InChI is InChI=1S/C30H25NO/c1-21-11-15-25(16-12-21)29(26-17-13-22(2)14-18-26)20-31-30(32-29)27-9-5-3-7-23(27)19-24-8-4-6-10-28(24)30/h3-18,20H,19H2,1-2H3. The smallest absolute Gasteiger partial charge is 0.213 e. The molecule has 156 valence electrons. The molecule has 1 spiro atoms. The van der Waals surface area contributed by atoms with Crippen LogP contribution in [0.25, 0.3) is 0 Å². The van der Waals surface area contributed by atoms with Gasteiger partial charge in [-0.15, -0.1) is 0 Å². The van der Waals surface area contributed by atoms with Crippen molar-refractivity contribution in [1.29, 1.82) is 0 Å². The normalized spacial score (nSPS) is 17.2. The topological polar surface area (TPSA) is 21.6 Å². The fourth-order valence-electron chi connectivity index (χ4n) is 5.11. The zero-order chi connectivity index (χ0) is 21.8. The van der Waals surface area contributed by atoms with Gasteiger partial charge in [0.15, 0.2) is 5.60 Å². The minimum absolute atomic E-state index is 0.765. The lowest BCUT2D eigenvalue weighted by atomic mass is 9.79. The molecule has 0 bridgehead atoms. The molecular weight excluding hydrogens is 390 g/mol. The van der Waals surface area contributed by atoms with Crippen molar-refractivity contribution < 1.29 is 4.74 Å². The number of fused-ring (bicyclic) bond motifs is 4. The second kappa shape index (κ2) is 7.01. The van der Waals surface area contributed by atoms with Gasteiger partial charge in [0.2, 0.25) is 5.72 Å². The number of ether oxygens (including phenoxy) is 1. The molecule has 0 saturated heterocycles. The average Bonchev–Trinajstić information content (AvgIpc) is 3.23. The maximum Gasteiger partial charge on any atom is 0.213 e. The van der Waals surface area contributed by atoms with Gasteiger partial charge in [-0.3, -0.25) is 4.99 Å². The van der Waals surface area contributed by atoms with E-state index < -0.39 is 11.3 Å². The minimum atomic E-state index is -0.860. The van der Waals surface area contributed by atoms with Crippen LogP contribution in [0.4, 0.5) is 0 Å². The molecule has 0 fully saturated rings. The first kappa shape index (κ1) is 19.2. The first-order valence-corrected chi connectivity index (χ1v) is 11.2. The van der Waals surface area contributed by atoms with Crippen LogP contribution in [0.3, 0.4) is 0 Å². The van der Waals surface area contributed by atoms with Crippen molar-refractivity contribution in [2.75, 3.05) is 0 Å². The Morgan fingerprint density at radius 2 is 1.09 bits per heavy atom. The molecule has 4 aromatic rings. The van der Waals surface area contributed by atoms with Gasteiger partial charge in [0.1, 0.15) is 0 Å². The number of benzene rings is 4. The number of hydrogen-bond donors (Lipinski definition) is 0. The highest BCUT2D eigenvalue weighted by atomic mass is 16.5. The zero-order valence-electron chi connectivity index (χ0n) is 18.4. The van der Waals surface area contributed by atoms with Gasteiger partial charge in [-0.05, 0) is 42.5 Å². The molecular formula is C30H25NO. The molecule has 1 aliphatic heterocycles. The molecule has 0 amide bonds. The molecule has 6 rings (SSSR count). The van der Waals surface area contributed by atoms with Crippen molar-refractivity contribution in [2.45, 2.75) is 31.6 Å². The van der Waals surface area contributed by atoms with Crippen LogP contribution in [0.1, 0.15) is 44.5 Å². The van der Waals surface area contributed by atoms with Crippen LogP contribution in [0.15, 0.2) is 102 Å². The molecule has 0 unspecified atom stereocenters. The van der Waals surface area contributed by atoms with Crippen LogP contribution in [0, 0.1) is 13.8 Å². The van der Waals surface area contributed by atoms with Crippen LogP contribution in [0.2, 0.25) is 0 Å². The Labute approximate surface area is 189 Å². The molecule has 1 aliphatic carbocycles. The van der Waals surface area contributed by atoms with Crippen molar-refractivity contribution >= 4 is 6.21 Å². The molecule has 4 aromatic carbocycles. The van der Waals surface area contributed by atoms with E-state index in [2.05, 4.69) is 111 Å². The summed E-state index contributed by atoms with van der Waals surface area (Å²) >= 11 is 0. The van der Waals surface area contributed by atoms with Crippen molar-refractivity contribution in [1.82, 2.24) is 0 Å². The third-order valence-electron chi connectivity index (χ3n) is 6.84. The van der Waals surface area contributed by atoms with Gasteiger partial charge in [-0.1, -0.05) is 108 Å². The monoisotopic (exact) mass is 415 g/mol. The Morgan fingerprint density at radius 3 is 1.59 bits per heavy atom. The lowest BCUT2D eigenvalue weighted by Crippen LogP contribution is -2.39. The summed E-state index contributed by atoms with van der Waals surface area (Å²) in [5, 5.41) is 0. The summed E-state index contributed by atoms with van der Waals surface area (Å²) < 4.78 is 7.26. The molecule has 2 aliphatic rings. The van der Waals surface area contributed by atoms with E-state index in [1.807, 2.05) is 6.21 Å². The lowest BCUT2D eigenvalue weighted by Gasteiger charge is -2.39. The van der Waals surface area contributed by atoms with Gasteiger partial charge in [-0.2, -0.15) is 0 Å². The average molecular weight is 416 g/mol. The largest absolute Gasteiger partial charge is 0.324 e. The third-order valence-corrected chi connectivity index (χ3v) is 6.84. The maximum absolute atomic E-state index is 7.26. The minimum Gasteiger partial charge on any atom is -0.324 e. The SMILES string of the molecule is Cc1ccc(C2(c3ccc(C)cc3)C=NC3(O2)c2ccccc2Cc2ccccc23)cc1. The summed E-state index contributed by atoms with van der Waals surface area (Å²) in [4.78, 5) is 5.21. The predicted molar refractivity (Wildman–Crippen MR) is 129 cm³/mol. The summed E-state index contributed by atoms with van der Waals surface area (Å²) in [6.07, 6.45) is 2.93. The Morgan fingerprint density at radius 1 is 0.625 bits per heavy atom. The van der Waals surface area contributed by atoms with E-state index in [9.17, 15) is 0 Å². The van der Waals surface area contributed by atoms with Crippen molar-refractivity contribution in [2.24, 2.45) is 4.99 Å². The van der Waals surface area contributed by atoms with E-state index in [1.54, 1.807) is 0 Å². The third kappa shape index (κ3) is 2.73. The second-order valence-electron chi connectivity index (χ2n) is 8.96. The highest BCUT2D eigenvalue weighted by molar-refractivity contribution is 5.81. The van der Waals surface area contributed by atoms with Gasteiger partial charge in [0, 0.05) is 17.3 Å². The number of nitrogens with zero attached hydrogens (tertiary/aromatic N) is 1. The van der Waals surface area contributed by atoms with Crippen molar-refractivity contribution in [3.63, 3.8) is 0 Å². The van der Waals surface area contributed by atoms with Crippen LogP contribution in [-0.4, -0.2) is 6.21 Å². The number of rotatable bonds is 2. The van der Waals surface area contributed by atoms with Gasteiger partial charge in [0.05, 0.1) is 0 Å². The number of aryl methyl sites for hydroxylation is 2. The molecule has 1 heterocycles. The molecule has 0 atom stereocenters. The summed E-state index contributed by atoms with van der Waals surface area (Å²) in [6, 6.07) is 34.4. The van der Waals surface area contributed by atoms with Gasteiger partial charge >= 0.3 is 0 Å². The number of hydrogen-bond acceptors (Lipinski definition) is 2. The van der Waals surface area contributed by atoms with Crippen molar-refractivity contribution in [3.05, 3.63) is 142 Å². The van der Waals surface area contributed by atoms with E-state index in [0.717, 1.165) is 28.7 Å². The zero-order valence-corrected chi connectivity index (χ0v) is 18.4. The fraction of sp³-hybridized carbons (Fsp3) is 0.167. The Hall–Kier alpha value is -3.49. The summed E-state index contributed by atoms with van der Waals surface area (Å²) in [5.41, 5.74) is 7.82. The predicted octanol–water partition coefficient (Wildman–Crippen LogP) is 6.45. The first-order valence-electron chi connectivity index (χ1n) is 11.2. The molecule has 0 saturated carbocycles. The molecule has 0 aromatic heterocycles. The van der Waals surface area contributed by atoms with Crippen LogP contribution < -0.4 is 0 Å². The quantitative estimate of drug-likeness (QED) is 0.368. The van der Waals surface area contributed by atoms with E-state index in [0.29, 0.717) is 0 Å². The van der Waals surface area contributed by atoms with E-state index in [-0.39, 0.29) is 0 Å². The highest BCUT2D eigenvalue weighted by Crippen LogP contribution is 2.52. The summed E-state index contributed by atoms with van der Waals surface area (Å²) in [5.74, 6) is 0. The molecule has 0 N–H and O–H groups in total. The van der Waals surface area contributed by atoms with Crippen LogP contribution in [-0.2, 0) is 22.5 Å². The Balaban J connectivity index is 1.60. The molecule has 2 nitrogen and oxygen atoms in total. The van der Waals surface area contributed by atoms with Gasteiger partial charge < -0.3 is 4.74 Å². The Bertz CT molecular complexity index is 1240. The van der Waals surface area contributed by atoms with Crippen LogP contribution >= 0.6 is 0 Å². The first-order chi connectivity index (χ1) is 15.6. The Kier molecular flexibility index (Phi) is 4.21.